The summed E-state index contributed by atoms with van der Waals surface area (Å²) in [5, 5.41) is 16.4. The SMILES string of the molecule is Br.CN=C(NC)NCc1cccc([N+](=O)[O-])c1. The summed E-state index contributed by atoms with van der Waals surface area (Å²) in [6, 6.07) is 6.49. The van der Waals surface area contributed by atoms with Gasteiger partial charge in [0.1, 0.15) is 0 Å². The minimum Gasteiger partial charge on any atom is -0.359 e. The molecule has 0 aliphatic carbocycles. The minimum atomic E-state index is -0.406. The van der Waals surface area contributed by atoms with Gasteiger partial charge in [0.05, 0.1) is 4.92 Å². The van der Waals surface area contributed by atoms with Crippen LogP contribution in [0.15, 0.2) is 29.3 Å². The van der Waals surface area contributed by atoms with Gasteiger partial charge in [-0.2, -0.15) is 0 Å². The molecule has 6 nitrogen and oxygen atoms in total. The minimum absolute atomic E-state index is 0. The van der Waals surface area contributed by atoms with E-state index in [2.05, 4.69) is 15.6 Å². The summed E-state index contributed by atoms with van der Waals surface area (Å²) in [4.78, 5) is 14.1. The van der Waals surface area contributed by atoms with Gasteiger partial charge in [-0.3, -0.25) is 15.1 Å². The van der Waals surface area contributed by atoms with Crippen LogP contribution in [-0.2, 0) is 6.54 Å². The zero-order valence-electron chi connectivity index (χ0n) is 9.64. The molecular weight excluding hydrogens is 288 g/mol. The molecule has 7 heteroatoms. The zero-order valence-corrected chi connectivity index (χ0v) is 11.3. The zero-order chi connectivity index (χ0) is 12.0. The molecule has 0 spiro atoms. The molecule has 0 aliphatic rings. The molecule has 0 amide bonds. The van der Waals surface area contributed by atoms with Crippen LogP contribution in [0.5, 0.6) is 0 Å². The van der Waals surface area contributed by atoms with E-state index < -0.39 is 4.92 Å². The van der Waals surface area contributed by atoms with Gasteiger partial charge in [0.15, 0.2) is 5.96 Å². The van der Waals surface area contributed by atoms with Crippen molar-refractivity contribution in [2.24, 2.45) is 4.99 Å². The Hall–Kier alpha value is -1.63. The lowest BCUT2D eigenvalue weighted by Gasteiger charge is -2.07. The Labute approximate surface area is 110 Å². The molecule has 0 saturated carbocycles. The molecule has 0 unspecified atom stereocenters. The van der Waals surface area contributed by atoms with Crippen molar-refractivity contribution in [3.63, 3.8) is 0 Å². The van der Waals surface area contributed by atoms with Gasteiger partial charge >= 0.3 is 0 Å². The lowest BCUT2D eigenvalue weighted by Crippen LogP contribution is -2.34. The predicted molar refractivity (Wildman–Crippen MR) is 72.7 cm³/mol. The fourth-order valence-electron chi connectivity index (χ4n) is 1.25. The number of nitrogens with one attached hydrogen (secondary N) is 2. The summed E-state index contributed by atoms with van der Waals surface area (Å²) in [6.45, 7) is 0.495. The van der Waals surface area contributed by atoms with Gasteiger partial charge in [-0.1, -0.05) is 12.1 Å². The largest absolute Gasteiger partial charge is 0.359 e. The first-order valence-electron chi connectivity index (χ1n) is 4.79. The Bertz CT molecular complexity index is 409. The lowest BCUT2D eigenvalue weighted by molar-refractivity contribution is -0.384. The predicted octanol–water partition coefficient (Wildman–Crippen LogP) is 1.47. The van der Waals surface area contributed by atoms with Crippen molar-refractivity contribution >= 4 is 28.6 Å². The first kappa shape index (κ1) is 15.4. The number of guanidine groups is 1. The van der Waals surface area contributed by atoms with Crippen molar-refractivity contribution in [2.75, 3.05) is 14.1 Å². The van der Waals surface area contributed by atoms with Crippen molar-refractivity contribution in [2.45, 2.75) is 6.54 Å². The monoisotopic (exact) mass is 302 g/mol. The molecule has 0 fully saturated rings. The number of benzene rings is 1. The maximum atomic E-state index is 10.6. The Kier molecular flexibility index (Phi) is 6.88. The molecule has 0 aliphatic heterocycles. The van der Waals surface area contributed by atoms with E-state index in [1.54, 1.807) is 20.2 Å². The normalized spacial score (nSPS) is 10.4. The molecule has 17 heavy (non-hydrogen) atoms. The van der Waals surface area contributed by atoms with Gasteiger partial charge in [0, 0.05) is 32.8 Å². The number of aliphatic imine (C=N–C) groups is 1. The quantitative estimate of drug-likeness (QED) is 0.383. The summed E-state index contributed by atoms with van der Waals surface area (Å²) in [5.74, 6) is 0.645. The number of halogens is 1. The summed E-state index contributed by atoms with van der Waals surface area (Å²) in [7, 11) is 3.41. The number of nitrogens with zero attached hydrogens (tertiary/aromatic N) is 2. The highest BCUT2D eigenvalue weighted by molar-refractivity contribution is 8.93. The molecule has 1 aromatic carbocycles. The van der Waals surface area contributed by atoms with Crippen LogP contribution in [0.4, 0.5) is 5.69 Å². The highest BCUT2D eigenvalue weighted by atomic mass is 79.9. The van der Waals surface area contributed by atoms with Crippen molar-refractivity contribution in [3.05, 3.63) is 39.9 Å². The van der Waals surface area contributed by atoms with Crippen molar-refractivity contribution in [1.29, 1.82) is 0 Å². The fourth-order valence-corrected chi connectivity index (χ4v) is 1.25. The van der Waals surface area contributed by atoms with Crippen LogP contribution in [0.1, 0.15) is 5.56 Å². The van der Waals surface area contributed by atoms with Crippen LogP contribution in [0.3, 0.4) is 0 Å². The second kappa shape index (κ2) is 7.61. The van der Waals surface area contributed by atoms with E-state index in [9.17, 15) is 10.1 Å². The summed E-state index contributed by atoms with van der Waals surface area (Å²) < 4.78 is 0. The molecule has 94 valence electrons. The van der Waals surface area contributed by atoms with Crippen LogP contribution in [0.2, 0.25) is 0 Å². The third-order valence-electron chi connectivity index (χ3n) is 2.04. The number of nitro benzene ring substituents is 1. The third-order valence-corrected chi connectivity index (χ3v) is 2.04. The molecule has 1 rings (SSSR count). The molecule has 0 aromatic heterocycles. The van der Waals surface area contributed by atoms with Crippen molar-refractivity contribution < 1.29 is 4.92 Å². The average molecular weight is 303 g/mol. The van der Waals surface area contributed by atoms with Gasteiger partial charge in [0.25, 0.3) is 5.69 Å². The maximum absolute atomic E-state index is 10.6. The van der Waals surface area contributed by atoms with E-state index in [1.165, 1.54) is 12.1 Å². The van der Waals surface area contributed by atoms with Gasteiger partial charge in [-0.15, -0.1) is 17.0 Å². The van der Waals surface area contributed by atoms with Gasteiger partial charge in [-0.05, 0) is 5.56 Å². The van der Waals surface area contributed by atoms with Gasteiger partial charge < -0.3 is 10.6 Å². The Morgan fingerprint density at radius 3 is 2.76 bits per heavy atom. The molecule has 2 N–H and O–H groups in total. The van der Waals surface area contributed by atoms with Crippen LogP contribution in [0.25, 0.3) is 0 Å². The van der Waals surface area contributed by atoms with Crippen LogP contribution < -0.4 is 10.6 Å². The van der Waals surface area contributed by atoms with E-state index in [0.717, 1.165) is 5.56 Å². The van der Waals surface area contributed by atoms with Crippen molar-refractivity contribution in [1.82, 2.24) is 10.6 Å². The smallest absolute Gasteiger partial charge is 0.269 e. The average Bonchev–Trinajstić information content (AvgIpc) is 2.31. The van der Waals surface area contributed by atoms with E-state index in [4.69, 9.17) is 0 Å². The molecule has 0 bridgehead atoms. The number of hydrogen-bond donors (Lipinski definition) is 2. The number of rotatable bonds is 3. The Balaban J connectivity index is 0.00000256. The first-order chi connectivity index (χ1) is 7.67. The Morgan fingerprint density at radius 2 is 2.24 bits per heavy atom. The van der Waals surface area contributed by atoms with Crippen LogP contribution >= 0.6 is 17.0 Å². The molecule has 0 heterocycles. The standard InChI is InChI=1S/C10H14N4O2.BrH/c1-11-10(12-2)13-7-8-4-3-5-9(6-8)14(15)16;/h3-6H,7H2,1-2H3,(H2,11,12,13);1H. The summed E-state index contributed by atoms with van der Waals surface area (Å²) in [5.41, 5.74) is 0.935. The third kappa shape index (κ3) is 4.81. The summed E-state index contributed by atoms with van der Waals surface area (Å²) in [6.07, 6.45) is 0. The topological polar surface area (TPSA) is 79.6 Å². The second-order valence-electron chi connectivity index (χ2n) is 3.10. The van der Waals surface area contributed by atoms with E-state index in [1.807, 2.05) is 6.07 Å². The first-order valence-corrected chi connectivity index (χ1v) is 4.79. The number of non-ortho nitro benzene ring substituents is 1. The maximum Gasteiger partial charge on any atom is 0.269 e. The van der Waals surface area contributed by atoms with E-state index in [-0.39, 0.29) is 22.7 Å². The lowest BCUT2D eigenvalue weighted by atomic mass is 10.2. The number of hydrogen-bond acceptors (Lipinski definition) is 3. The van der Waals surface area contributed by atoms with E-state index >= 15 is 0 Å². The van der Waals surface area contributed by atoms with Crippen LogP contribution in [0, 0.1) is 10.1 Å². The van der Waals surface area contributed by atoms with E-state index in [0.29, 0.717) is 12.5 Å². The Morgan fingerprint density at radius 1 is 1.53 bits per heavy atom. The highest BCUT2D eigenvalue weighted by Gasteiger charge is 2.05. The molecular formula is C10H15BrN4O2. The molecule has 1 aromatic rings. The molecule has 0 saturated heterocycles. The number of nitro groups is 1. The second-order valence-corrected chi connectivity index (χ2v) is 3.10. The fraction of sp³-hybridized carbons (Fsp3) is 0.300. The molecule has 0 atom stereocenters. The molecule has 0 radical (unpaired) electrons. The van der Waals surface area contributed by atoms with Crippen LogP contribution in [-0.4, -0.2) is 25.0 Å². The van der Waals surface area contributed by atoms with Gasteiger partial charge in [0.2, 0.25) is 0 Å². The highest BCUT2D eigenvalue weighted by Crippen LogP contribution is 2.12. The summed E-state index contributed by atoms with van der Waals surface area (Å²) >= 11 is 0. The van der Waals surface area contributed by atoms with Crippen molar-refractivity contribution in [3.8, 4) is 0 Å². The van der Waals surface area contributed by atoms with Gasteiger partial charge in [-0.25, -0.2) is 0 Å².